The number of hydrogen-bond donors (Lipinski definition) is 0. The van der Waals surface area contributed by atoms with E-state index in [2.05, 4.69) is 48.2 Å². The van der Waals surface area contributed by atoms with Gasteiger partial charge in [-0.1, -0.05) is 32.9 Å². The van der Waals surface area contributed by atoms with Crippen LogP contribution in [-0.4, -0.2) is 6.61 Å². The Morgan fingerprint density at radius 3 is 2.56 bits per heavy atom. The normalized spacial score (nSPS) is 16.2. The molecule has 1 saturated carbocycles. The van der Waals surface area contributed by atoms with Crippen LogP contribution in [-0.2, 0) is 5.41 Å². The first-order valence-electron chi connectivity index (χ1n) is 5.99. The lowest BCUT2D eigenvalue weighted by Gasteiger charge is -2.20. The lowest BCUT2D eigenvalue weighted by molar-refractivity contribution is 0.301. The van der Waals surface area contributed by atoms with Crippen molar-refractivity contribution in [2.24, 2.45) is 5.92 Å². The molecule has 1 unspecified atom stereocenters. The van der Waals surface area contributed by atoms with E-state index in [0.717, 1.165) is 23.6 Å². The zero-order valence-corrected chi connectivity index (χ0v) is 11.6. The molecular weight excluding hydrogens is 215 g/mol. The highest BCUT2D eigenvalue weighted by Crippen LogP contribution is 2.30. The minimum atomic E-state index is 0.191. The molecule has 1 fully saturated rings. The van der Waals surface area contributed by atoms with E-state index in [1.54, 1.807) is 0 Å². The lowest BCUT2D eigenvalue weighted by Crippen LogP contribution is -2.14. The van der Waals surface area contributed by atoms with Crippen LogP contribution in [0.5, 0.6) is 5.75 Å². The third kappa shape index (κ3) is 2.98. The molecule has 1 nitrogen and oxygen atoms in total. The zero-order chi connectivity index (χ0) is 11.8. The van der Waals surface area contributed by atoms with Gasteiger partial charge in [-0.05, 0) is 35.8 Å². The summed E-state index contributed by atoms with van der Waals surface area (Å²) in [7, 11) is 2.75. The predicted octanol–water partition coefficient (Wildman–Crippen LogP) is 3.27. The summed E-state index contributed by atoms with van der Waals surface area (Å²) >= 11 is 0. The SMILES string of the molecule is CC(C)(C)c1ccc(P)c(OCC2CC2)c1. The van der Waals surface area contributed by atoms with Crippen molar-refractivity contribution in [2.75, 3.05) is 6.61 Å². The first-order chi connectivity index (χ1) is 7.47. The van der Waals surface area contributed by atoms with Crippen molar-refractivity contribution in [3.05, 3.63) is 23.8 Å². The van der Waals surface area contributed by atoms with Crippen molar-refractivity contribution in [3.63, 3.8) is 0 Å². The molecule has 1 aliphatic rings. The molecule has 2 heteroatoms. The van der Waals surface area contributed by atoms with Gasteiger partial charge < -0.3 is 4.74 Å². The summed E-state index contributed by atoms with van der Waals surface area (Å²) in [5.74, 6) is 1.84. The molecule has 0 amide bonds. The predicted molar refractivity (Wildman–Crippen MR) is 72.7 cm³/mol. The standard InChI is InChI=1S/C14H21OP/c1-14(2,3)11-6-7-13(16)12(8-11)15-9-10-4-5-10/h6-8,10H,4-5,9,16H2,1-3H3. The van der Waals surface area contributed by atoms with Crippen LogP contribution in [0.3, 0.4) is 0 Å². The highest BCUT2D eigenvalue weighted by Gasteiger charge is 2.22. The minimum absolute atomic E-state index is 0.191. The van der Waals surface area contributed by atoms with Crippen LogP contribution >= 0.6 is 9.24 Å². The Morgan fingerprint density at radius 1 is 1.31 bits per heavy atom. The summed E-state index contributed by atoms with van der Waals surface area (Å²) in [4.78, 5) is 0. The first-order valence-corrected chi connectivity index (χ1v) is 6.57. The second-order valence-electron chi connectivity index (χ2n) is 5.76. The molecular formula is C14H21OP. The number of rotatable bonds is 3. The molecule has 88 valence electrons. The van der Waals surface area contributed by atoms with Crippen LogP contribution in [0.15, 0.2) is 18.2 Å². The second kappa shape index (κ2) is 4.37. The number of benzene rings is 1. The van der Waals surface area contributed by atoms with E-state index in [4.69, 9.17) is 4.74 Å². The quantitative estimate of drug-likeness (QED) is 0.732. The molecule has 0 bridgehead atoms. The molecule has 2 rings (SSSR count). The fourth-order valence-electron chi connectivity index (χ4n) is 1.62. The molecule has 1 aromatic carbocycles. The highest BCUT2D eigenvalue weighted by atomic mass is 31.0. The molecule has 0 N–H and O–H groups in total. The van der Waals surface area contributed by atoms with Gasteiger partial charge in [-0.2, -0.15) is 0 Å². The average Bonchev–Trinajstić information content (AvgIpc) is 2.98. The Kier molecular flexibility index (Phi) is 3.26. The van der Waals surface area contributed by atoms with Gasteiger partial charge in [0.2, 0.25) is 0 Å². The molecule has 0 heterocycles. The maximum atomic E-state index is 5.88. The molecule has 0 spiro atoms. The van der Waals surface area contributed by atoms with Gasteiger partial charge in [-0.15, -0.1) is 9.24 Å². The van der Waals surface area contributed by atoms with E-state index >= 15 is 0 Å². The Bertz CT molecular complexity index is 375. The van der Waals surface area contributed by atoms with Crippen molar-refractivity contribution in [1.29, 1.82) is 0 Å². The van der Waals surface area contributed by atoms with E-state index < -0.39 is 0 Å². The molecule has 1 aromatic rings. The van der Waals surface area contributed by atoms with Crippen molar-refractivity contribution in [3.8, 4) is 5.75 Å². The van der Waals surface area contributed by atoms with E-state index in [1.165, 1.54) is 18.4 Å². The maximum absolute atomic E-state index is 5.88. The van der Waals surface area contributed by atoms with Crippen molar-refractivity contribution in [2.45, 2.75) is 39.0 Å². The Morgan fingerprint density at radius 2 is 2.00 bits per heavy atom. The van der Waals surface area contributed by atoms with Crippen molar-refractivity contribution in [1.82, 2.24) is 0 Å². The van der Waals surface area contributed by atoms with Gasteiger partial charge in [-0.3, -0.25) is 0 Å². The molecule has 0 saturated heterocycles. The van der Waals surface area contributed by atoms with Gasteiger partial charge in [0.05, 0.1) is 6.61 Å². The minimum Gasteiger partial charge on any atom is -0.493 e. The Labute approximate surface area is 101 Å². The topological polar surface area (TPSA) is 9.23 Å². The van der Waals surface area contributed by atoms with E-state index in [-0.39, 0.29) is 5.41 Å². The van der Waals surface area contributed by atoms with Gasteiger partial charge in [0.15, 0.2) is 0 Å². The Balaban J connectivity index is 2.14. The van der Waals surface area contributed by atoms with Crippen molar-refractivity contribution >= 4 is 14.5 Å². The Hall–Kier alpha value is -0.550. The van der Waals surface area contributed by atoms with Crippen LogP contribution in [0, 0.1) is 5.92 Å². The van der Waals surface area contributed by atoms with Gasteiger partial charge in [0.1, 0.15) is 5.75 Å². The third-order valence-electron chi connectivity index (χ3n) is 3.05. The van der Waals surface area contributed by atoms with Gasteiger partial charge >= 0.3 is 0 Å². The summed E-state index contributed by atoms with van der Waals surface area (Å²) in [5, 5.41) is 1.16. The van der Waals surface area contributed by atoms with Crippen LogP contribution in [0.4, 0.5) is 0 Å². The first kappa shape index (κ1) is 11.9. The maximum Gasteiger partial charge on any atom is 0.126 e. The number of hydrogen-bond acceptors (Lipinski definition) is 1. The summed E-state index contributed by atoms with van der Waals surface area (Å²) in [6.07, 6.45) is 2.68. The summed E-state index contributed by atoms with van der Waals surface area (Å²) < 4.78 is 5.88. The third-order valence-corrected chi connectivity index (χ3v) is 3.53. The highest BCUT2D eigenvalue weighted by molar-refractivity contribution is 7.27. The fourth-order valence-corrected chi connectivity index (χ4v) is 1.88. The van der Waals surface area contributed by atoms with E-state index in [1.807, 2.05) is 0 Å². The summed E-state index contributed by atoms with van der Waals surface area (Å²) in [5.41, 5.74) is 1.53. The smallest absolute Gasteiger partial charge is 0.126 e. The summed E-state index contributed by atoms with van der Waals surface area (Å²) in [6, 6.07) is 6.50. The molecule has 0 radical (unpaired) electrons. The monoisotopic (exact) mass is 236 g/mol. The van der Waals surface area contributed by atoms with Crippen LogP contribution < -0.4 is 10.0 Å². The van der Waals surface area contributed by atoms with Gasteiger partial charge in [0, 0.05) is 5.30 Å². The number of ether oxygens (including phenoxy) is 1. The largest absolute Gasteiger partial charge is 0.493 e. The molecule has 1 aliphatic carbocycles. The molecule has 0 aliphatic heterocycles. The molecule has 16 heavy (non-hydrogen) atoms. The zero-order valence-electron chi connectivity index (χ0n) is 10.4. The molecule has 0 aromatic heterocycles. The fraction of sp³-hybridized carbons (Fsp3) is 0.571. The van der Waals surface area contributed by atoms with Gasteiger partial charge in [0.25, 0.3) is 0 Å². The van der Waals surface area contributed by atoms with Gasteiger partial charge in [-0.25, -0.2) is 0 Å². The lowest BCUT2D eigenvalue weighted by atomic mass is 9.87. The van der Waals surface area contributed by atoms with Crippen LogP contribution in [0.1, 0.15) is 39.2 Å². The molecule has 1 atom stereocenters. The van der Waals surface area contributed by atoms with Crippen molar-refractivity contribution < 1.29 is 4.74 Å². The van der Waals surface area contributed by atoms with E-state index in [9.17, 15) is 0 Å². The van der Waals surface area contributed by atoms with Crippen LogP contribution in [0.2, 0.25) is 0 Å². The van der Waals surface area contributed by atoms with E-state index in [0.29, 0.717) is 0 Å². The average molecular weight is 236 g/mol. The van der Waals surface area contributed by atoms with Crippen LogP contribution in [0.25, 0.3) is 0 Å². The summed E-state index contributed by atoms with van der Waals surface area (Å²) in [6.45, 7) is 7.58. The second-order valence-corrected chi connectivity index (χ2v) is 6.38.